The van der Waals surface area contributed by atoms with Crippen LogP contribution in [0.3, 0.4) is 0 Å². The summed E-state index contributed by atoms with van der Waals surface area (Å²) in [6.45, 7) is 2.51. The first-order valence-electron chi connectivity index (χ1n) is 6.42. The van der Waals surface area contributed by atoms with E-state index in [0.717, 1.165) is 36.0 Å². The molecule has 98 valence electrons. The third-order valence-electron chi connectivity index (χ3n) is 3.00. The van der Waals surface area contributed by atoms with Crippen LogP contribution in [0.4, 0.5) is 5.69 Å². The Morgan fingerprint density at radius 2 is 2.21 bits per heavy atom. The molecule has 19 heavy (non-hydrogen) atoms. The second kappa shape index (κ2) is 6.17. The Balaban J connectivity index is 2.22. The fourth-order valence-corrected chi connectivity index (χ4v) is 2.03. The lowest BCUT2D eigenvalue weighted by molar-refractivity contribution is 0.183. The molecule has 0 radical (unpaired) electrons. The van der Waals surface area contributed by atoms with Crippen LogP contribution < -0.4 is 5.32 Å². The van der Waals surface area contributed by atoms with Gasteiger partial charge in [-0.2, -0.15) is 5.26 Å². The van der Waals surface area contributed by atoms with Crippen molar-refractivity contribution in [2.24, 2.45) is 0 Å². The molecule has 1 heterocycles. The lowest BCUT2D eigenvalue weighted by atomic mass is 10.1. The molecule has 1 aromatic heterocycles. The molecular formula is C15H17N3O. The zero-order valence-corrected chi connectivity index (χ0v) is 10.9. The topological polar surface area (TPSA) is 68.9 Å². The molecule has 0 amide bonds. The number of aliphatic hydroxyl groups excluding tert-OH is 1. The SMILES string of the molecule is CC(O)CCCNc1c(C#N)cnc2ccccc12. The Morgan fingerprint density at radius 3 is 2.95 bits per heavy atom. The van der Waals surface area contributed by atoms with E-state index in [0.29, 0.717) is 5.56 Å². The minimum Gasteiger partial charge on any atom is -0.393 e. The normalized spacial score (nSPS) is 12.1. The van der Waals surface area contributed by atoms with E-state index in [2.05, 4.69) is 16.4 Å². The summed E-state index contributed by atoms with van der Waals surface area (Å²) in [5.74, 6) is 0. The van der Waals surface area contributed by atoms with Gasteiger partial charge in [-0.3, -0.25) is 4.98 Å². The Morgan fingerprint density at radius 1 is 1.42 bits per heavy atom. The van der Waals surface area contributed by atoms with E-state index in [4.69, 9.17) is 5.26 Å². The van der Waals surface area contributed by atoms with Crippen LogP contribution in [0.15, 0.2) is 30.5 Å². The number of aromatic nitrogens is 1. The van der Waals surface area contributed by atoms with Crippen LogP contribution in [-0.4, -0.2) is 22.7 Å². The zero-order chi connectivity index (χ0) is 13.7. The van der Waals surface area contributed by atoms with Crippen molar-refractivity contribution in [2.75, 3.05) is 11.9 Å². The lowest BCUT2D eigenvalue weighted by Crippen LogP contribution is -2.08. The maximum Gasteiger partial charge on any atom is 0.103 e. The van der Waals surface area contributed by atoms with Crippen molar-refractivity contribution in [3.8, 4) is 6.07 Å². The van der Waals surface area contributed by atoms with Crippen LogP contribution in [0.5, 0.6) is 0 Å². The van der Waals surface area contributed by atoms with Crippen LogP contribution in [-0.2, 0) is 0 Å². The molecule has 2 aromatic rings. The van der Waals surface area contributed by atoms with Gasteiger partial charge in [0.2, 0.25) is 0 Å². The summed E-state index contributed by atoms with van der Waals surface area (Å²) in [5, 5.41) is 22.6. The van der Waals surface area contributed by atoms with Gasteiger partial charge in [-0.25, -0.2) is 0 Å². The fourth-order valence-electron chi connectivity index (χ4n) is 2.03. The quantitative estimate of drug-likeness (QED) is 0.806. The molecular weight excluding hydrogens is 238 g/mol. The highest BCUT2D eigenvalue weighted by Gasteiger charge is 2.07. The highest BCUT2D eigenvalue weighted by atomic mass is 16.3. The second-order valence-electron chi connectivity index (χ2n) is 4.59. The standard InChI is InChI=1S/C15H17N3O/c1-11(19)5-4-8-17-15-12(9-16)10-18-14-7-3-2-6-13(14)15/h2-3,6-7,10-11,19H,4-5,8H2,1H3,(H,17,18). The summed E-state index contributed by atoms with van der Waals surface area (Å²) < 4.78 is 0. The minimum atomic E-state index is -0.286. The number of anilines is 1. The van der Waals surface area contributed by atoms with E-state index >= 15 is 0 Å². The van der Waals surface area contributed by atoms with Crippen LogP contribution in [0.2, 0.25) is 0 Å². The van der Waals surface area contributed by atoms with E-state index in [1.807, 2.05) is 24.3 Å². The van der Waals surface area contributed by atoms with Gasteiger partial charge < -0.3 is 10.4 Å². The number of para-hydroxylation sites is 1. The molecule has 4 heteroatoms. The fraction of sp³-hybridized carbons (Fsp3) is 0.333. The van der Waals surface area contributed by atoms with Gasteiger partial charge in [0.05, 0.1) is 22.9 Å². The molecule has 2 N–H and O–H groups in total. The number of hydrogen-bond donors (Lipinski definition) is 2. The maximum atomic E-state index is 9.23. The van der Waals surface area contributed by atoms with Crippen molar-refractivity contribution in [1.29, 1.82) is 5.26 Å². The van der Waals surface area contributed by atoms with Crippen molar-refractivity contribution in [1.82, 2.24) is 4.98 Å². The summed E-state index contributed by atoms with van der Waals surface area (Å²) in [6, 6.07) is 9.92. The Bertz CT molecular complexity index is 602. The monoisotopic (exact) mass is 255 g/mol. The molecule has 1 atom stereocenters. The maximum absolute atomic E-state index is 9.23. The largest absolute Gasteiger partial charge is 0.393 e. The molecule has 0 spiro atoms. The van der Waals surface area contributed by atoms with Crippen molar-refractivity contribution < 1.29 is 5.11 Å². The van der Waals surface area contributed by atoms with E-state index < -0.39 is 0 Å². The molecule has 1 aromatic carbocycles. The number of hydrogen-bond acceptors (Lipinski definition) is 4. The summed E-state index contributed by atoms with van der Waals surface area (Å²) in [5.41, 5.74) is 2.26. The predicted molar refractivity (Wildman–Crippen MR) is 75.9 cm³/mol. The number of aliphatic hydroxyl groups is 1. The van der Waals surface area contributed by atoms with Gasteiger partial charge in [0.15, 0.2) is 0 Å². The lowest BCUT2D eigenvalue weighted by Gasteiger charge is -2.11. The Kier molecular flexibility index (Phi) is 4.32. The van der Waals surface area contributed by atoms with Gasteiger partial charge >= 0.3 is 0 Å². The average molecular weight is 255 g/mol. The van der Waals surface area contributed by atoms with Gasteiger partial charge in [-0.05, 0) is 25.8 Å². The van der Waals surface area contributed by atoms with Crippen LogP contribution >= 0.6 is 0 Å². The number of pyridine rings is 1. The molecule has 2 rings (SSSR count). The van der Waals surface area contributed by atoms with Gasteiger partial charge in [-0.15, -0.1) is 0 Å². The Labute approximate surface area is 112 Å². The molecule has 0 aliphatic carbocycles. The van der Waals surface area contributed by atoms with Crippen molar-refractivity contribution in [3.63, 3.8) is 0 Å². The predicted octanol–water partition coefficient (Wildman–Crippen LogP) is 2.68. The van der Waals surface area contributed by atoms with E-state index in [9.17, 15) is 5.11 Å². The highest BCUT2D eigenvalue weighted by molar-refractivity contribution is 5.93. The molecule has 4 nitrogen and oxygen atoms in total. The summed E-state index contributed by atoms with van der Waals surface area (Å²) >= 11 is 0. The first-order valence-corrected chi connectivity index (χ1v) is 6.42. The van der Waals surface area contributed by atoms with Gasteiger partial charge in [0, 0.05) is 18.1 Å². The van der Waals surface area contributed by atoms with Crippen LogP contribution in [0.25, 0.3) is 10.9 Å². The first-order chi connectivity index (χ1) is 9.22. The van der Waals surface area contributed by atoms with Gasteiger partial charge in [0.25, 0.3) is 0 Å². The average Bonchev–Trinajstić information content (AvgIpc) is 2.43. The zero-order valence-electron chi connectivity index (χ0n) is 10.9. The number of nitrogens with zero attached hydrogens (tertiary/aromatic N) is 2. The number of fused-ring (bicyclic) bond motifs is 1. The summed E-state index contributed by atoms with van der Waals surface area (Å²) in [4.78, 5) is 4.27. The summed E-state index contributed by atoms with van der Waals surface area (Å²) in [7, 11) is 0. The molecule has 0 bridgehead atoms. The molecule has 0 aliphatic rings. The molecule has 0 fully saturated rings. The van der Waals surface area contributed by atoms with E-state index in [-0.39, 0.29) is 6.10 Å². The third-order valence-corrected chi connectivity index (χ3v) is 3.00. The number of benzene rings is 1. The van der Waals surface area contributed by atoms with E-state index in [1.165, 1.54) is 0 Å². The van der Waals surface area contributed by atoms with Crippen molar-refractivity contribution >= 4 is 16.6 Å². The van der Waals surface area contributed by atoms with E-state index in [1.54, 1.807) is 13.1 Å². The molecule has 0 saturated heterocycles. The second-order valence-corrected chi connectivity index (χ2v) is 4.59. The van der Waals surface area contributed by atoms with Crippen molar-refractivity contribution in [3.05, 3.63) is 36.0 Å². The highest BCUT2D eigenvalue weighted by Crippen LogP contribution is 2.25. The van der Waals surface area contributed by atoms with Crippen LogP contribution in [0.1, 0.15) is 25.3 Å². The number of rotatable bonds is 5. The molecule has 1 unspecified atom stereocenters. The number of nitriles is 1. The minimum absolute atomic E-state index is 0.286. The van der Waals surface area contributed by atoms with Crippen molar-refractivity contribution in [2.45, 2.75) is 25.9 Å². The van der Waals surface area contributed by atoms with Crippen LogP contribution in [0, 0.1) is 11.3 Å². The Hall–Kier alpha value is -2.12. The first kappa shape index (κ1) is 13.3. The van der Waals surface area contributed by atoms with Gasteiger partial charge in [-0.1, -0.05) is 18.2 Å². The molecule has 0 saturated carbocycles. The third kappa shape index (κ3) is 3.21. The number of nitrogens with one attached hydrogen (secondary N) is 1. The van der Waals surface area contributed by atoms with Gasteiger partial charge in [0.1, 0.15) is 6.07 Å². The molecule has 0 aliphatic heterocycles. The summed E-state index contributed by atoms with van der Waals surface area (Å²) in [6.07, 6.45) is 2.92. The smallest absolute Gasteiger partial charge is 0.103 e.